The van der Waals surface area contributed by atoms with Crippen LogP contribution in [0.15, 0.2) is 18.2 Å². The van der Waals surface area contributed by atoms with Gasteiger partial charge in [0.25, 0.3) is 0 Å². The zero-order chi connectivity index (χ0) is 15.7. The van der Waals surface area contributed by atoms with Crippen molar-refractivity contribution in [1.82, 2.24) is 9.29 Å². The first-order chi connectivity index (χ1) is 10.6. The summed E-state index contributed by atoms with van der Waals surface area (Å²) in [5, 5.41) is 1.06. The number of sulfonamides is 1. The first-order valence-electron chi connectivity index (χ1n) is 7.71. The van der Waals surface area contributed by atoms with Crippen molar-refractivity contribution in [2.75, 3.05) is 19.4 Å². The lowest BCUT2D eigenvalue weighted by molar-refractivity contribution is 0.390. The molecule has 3 rings (SSSR count). The number of hydrogen-bond donors (Lipinski definition) is 1. The Labute approximate surface area is 131 Å². The minimum absolute atomic E-state index is 0.241. The van der Waals surface area contributed by atoms with Gasteiger partial charge in [0, 0.05) is 30.6 Å². The molecule has 1 N–H and O–H groups in total. The molecule has 0 radical (unpaired) electrons. The van der Waals surface area contributed by atoms with Gasteiger partial charge in [-0.25, -0.2) is 8.42 Å². The second kappa shape index (κ2) is 5.93. The van der Waals surface area contributed by atoms with Crippen molar-refractivity contribution < 1.29 is 13.2 Å². The van der Waals surface area contributed by atoms with Gasteiger partial charge in [-0.05, 0) is 18.1 Å². The highest BCUT2D eigenvalue weighted by atomic mass is 32.2. The lowest BCUT2D eigenvalue weighted by atomic mass is 10.1. The Morgan fingerprint density at radius 1 is 1.36 bits per heavy atom. The molecule has 5 nitrogen and oxygen atoms in total. The fourth-order valence-corrected chi connectivity index (χ4v) is 4.66. The van der Waals surface area contributed by atoms with Crippen LogP contribution < -0.4 is 4.74 Å². The van der Waals surface area contributed by atoms with Crippen LogP contribution >= 0.6 is 0 Å². The van der Waals surface area contributed by atoms with E-state index in [0.717, 1.165) is 40.8 Å². The smallest absolute Gasteiger partial charge is 0.214 e. The molecule has 0 bridgehead atoms. The zero-order valence-electron chi connectivity index (χ0n) is 13.1. The van der Waals surface area contributed by atoms with Gasteiger partial charge in [0.05, 0.1) is 18.4 Å². The fourth-order valence-electron chi connectivity index (χ4n) is 3.05. The normalized spacial score (nSPS) is 15.9. The third-order valence-corrected chi connectivity index (χ3v) is 6.21. The van der Waals surface area contributed by atoms with Crippen molar-refractivity contribution in [2.45, 2.75) is 32.7 Å². The van der Waals surface area contributed by atoms with Crippen molar-refractivity contribution >= 4 is 20.9 Å². The third-order valence-electron chi connectivity index (χ3n) is 4.31. The van der Waals surface area contributed by atoms with E-state index in [1.165, 1.54) is 0 Å². The maximum absolute atomic E-state index is 12.4. The Morgan fingerprint density at radius 3 is 2.91 bits per heavy atom. The molecule has 0 unspecified atom stereocenters. The van der Waals surface area contributed by atoms with E-state index in [4.69, 9.17) is 4.74 Å². The molecule has 0 aliphatic carbocycles. The van der Waals surface area contributed by atoms with Gasteiger partial charge >= 0.3 is 0 Å². The van der Waals surface area contributed by atoms with Crippen molar-refractivity contribution in [1.29, 1.82) is 0 Å². The van der Waals surface area contributed by atoms with Crippen molar-refractivity contribution in [3.05, 3.63) is 29.5 Å². The van der Waals surface area contributed by atoms with Gasteiger partial charge in [0.1, 0.15) is 5.75 Å². The Balaban J connectivity index is 1.96. The standard InChI is InChI=1S/C16H22N2O3S/c1-3-4-10-22(19,20)18-9-8-14-13(11-18)12-6-5-7-15(21-2)16(12)17-14/h5-7,17H,3-4,8-11H2,1-2H3. The summed E-state index contributed by atoms with van der Waals surface area (Å²) in [6.45, 7) is 3.01. The number of rotatable bonds is 5. The molecule has 1 aliphatic heterocycles. The van der Waals surface area contributed by atoms with E-state index in [1.54, 1.807) is 11.4 Å². The van der Waals surface area contributed by atoms with Crippen LogP contribution in [0, 0.1) is 0 Å². The van der Waals surface area contributed by atoms with Crippen molar-refractivity contribution in [2.24, 2.45) is 0 Å². The molecule has 1 aromatic heterocycles. The number of aromatic nitrogens is 1. The van der Waals surface area contributed by atoms with E-state index in [2.05, 4.69) is 4.98 Å². The number of ether oxygens (including phenoxy) is 1. The average Bonchev–Trinajstić information content (AvgIpc) is 2.90. The van der Waals surface area contributed by atoms with Crippen molar-refractivity contribution in [3.8, 4) is 5.75 Å². The minimum Gasteiger partial charge on any atom is -0.495 e. The van der Waals surface area contributed by atoms with Crippen LogP contribution in [0.2, 0.25) is 0 Å². The van der Waals surface area contributed by atoms with Crippen LogP contribution in [0.25, 0.3) is 10.9 Å². The molecule has 0 atom stereocenters. The molecule has 1 aromatic carbocycles. The molecule has 0 saturated carbocycles. The number of nitrogens with zero attached hydrogens (tertiary/aromatic N) is 1. The molecule has 6 heteroatoms. The van der Waals surface area contributed by atoms with Crippen LogP contribution in [0.4, 0.5) is 0 Å². The highest BCUT2D eigenvalue weighted by Gasteiger charge is 2.28. The molecule has 2 heterocycles. The van der Waals surface area contributed by atoms with E-state index >= 15 is 0 Å². The maximum Gasteiger partial charge on any atom is 0.214 e. The van der Waals surface area contributed by atoms with Gasteiger partial charge in [-0.3, -0.25) is 0 Å². The number of benzene rings is 1. The average molecular weight is 322 g/mol. The molecule has 0 saturated heterocycles. The van der Waals surface area contributed by atoms with Gasteiger partial charge in [-0.15, -0.1) is 0 Å². The summed E-state index contributed by atoms with van der Waals surface area (Å²) in [5.74, 6) is 1.04. The maximum atomic E-state index is 12.4. The first-order valence-corrected chi connectivity index (χ1v) is 9.32. The number of aromatic amines is 1. The van der Waals surface area contributed by atoms with Crippen LogP contribution in [0.5, 0.6) is 5.75 Å². The Morgan fingerprint density at radius 2 is 2.18 bits per heavy atom. The van der Waals surface area contributed by atoms with Crippen LogP contribution in [-0.4, -0.2) is 37.1 Å². The zero-order valence-corrected chi connectivity index (χ0v) is 13.9. The predicted octanol–water partition coefficient (Wildman–Crippen LogP) is 2.66. The van der Waals surface area contributed by atoms with E-state index in [9.17, 15) is 8.42 Å². The Bertz CT molecular complexity index is 780. The topological polar surface area (TPSA) is 62.4 Å². The molecule has 0 spiro atoms. The Hall–Kier alpha value is -1.53. The highest BCUT2D eigenvalue weighted by Crippen LogP contribution is 2.33. The Kier molecular flexibility index (Phi) is 4.14. The summed E-state index contributed by atoms with van der Waals surface area (Å²) in [7, 11) is -1.51. The van der Waals surface area contributed by atoms with Crippen LogP contribution in [0.3, 0.4) is 0 Å². The van der Waals surface area contributed by atoms with Gasteiger partial charge in [-0.1, -0.05) is 25.5 Å². The SMILES string of the molecule is CCCCS(=O)(=O)N1CCc2[nH]c3c(OC)cccc3c2C1. The van der Waals surface area contributed by atoms with E-state index in [-0.39, 0.29) is 5.75 Å². The molecule has 2 aromatic rings. The van der Waals surface area contributed by atoms with Gasteiger partial charge < -0.3 is 9.72 Å². The highest BCUT2D eigenvalue weighted by molar-refractivity contribution is 7.89. The number of H-pyrrole nitrogens is 1. The fraction of sp³-hybridized carbons (Fsp3) is 0.500. The quantitative estimate of drug-likeness (QED) is 0.920. The number of unbranched alkanes of at least 4 members (excludes halogenated alkanes) is 1. The summed E-state index contributed by atoms with van der Waals surface area (Å²) in [6.07, 6.45) is 2.33. The summed E-state index contributed by atoms with van der Waals surface area (Å²) in [5.41, 5.74) is 3.17. The number of fused-ring (bicyclic) bond motifs is 3. The second-order valence-electron chi connectivity index (χ2n) is 5.72. The molecule has 120 valence electrons. The summed E-state index contributed by atoms with van der Waals surface area (Å²) in [4.78, 5) is 3.40. The van der Waals surface area contributed by atoms with Crippen LogP contribution in [-0.2, 0) is 23.0 Å². The number of methoxy groups -OCH3 is 1. The molecular formula is C16H22N2O3S. The first kappa shape index (κ1) is 15.4. The monoisotopic (exact) mass is 322 g/mol. The molecule has 22 heavy (non-hydrogen) atoms. The van der Waals surface area contributed by atoms with Crippen LogP contribution in [0.1, 0.15) is 31.0 Å². The summed E-state index contributed by atoms with van der Waals surface area (Å²) in [6, 6.07) is 5.88. The summed E-state index contributed by atoms with van der Waals surface area (Å²) >= 11 is 0. The second-order valence-corrected chi connectivity index (χ2v) is 7.81. The van der Waals surface area contributed by atoms with Gasteiger partial charge in [0.15, 0.2) is 0 Å². The lowest BCUT2D eigenvalue weighted by Gasteiger charge is -2.26. The van der Waals surface area contributed by atoms with Gasteiger partial charge in [-0.2, -0.15) is 4.31 Å². The van der Waals surface area contributed by atoms with Crippen molar-refractivity contribution in [3.63, 3.8) is 0 Å². The largest absolute Gasteiger partial charge is 0.495 e. The van der Waals surface area contributed by atoms with E-state index in [0.29, 0.717) is 19.5 Å². The van der Waals surface area contributed by atoms with Gasteiger partial charge in [0.2, 0.25) is 10.0 Å². The lowest BCUT2D eigenvalue weighted by Crippen LogP contribution is -2.37. The molecule has 1 aliphatic rings. The number of hydrogen-bond acceptors (Lipinski definition) is 3. The predicted molar refractivity (Wildman–Crippen MR) is 87.7 cm³/mol. The molecular weight excluding hydrogens is 300 g/mol. The number of nitrogens with one attached hydrogen (secondary N) is 1. The van der Waals surface area contributed by atoms with E-state index < -0.39 is 10.0 Å². The molecule has 0 amide bonds. The molecule has 0 fully saturated rings. The minimum atomic E-state index is -3.16. The van der Waals surface area contributed by atoms with E-state index in [1.807, 2.05) is 25.1 Å². The summed E-state index contributed by atoms with van der Waals surface area (Å²) < 4.78 is 31.9. The third kappa shape index (κ3) is 2.61. The number of para-hydroxylation sites is 1.